The van der Waals surface area contributed by atoms with Gasteiger partial charge in [-0.1, -0.05) is 0 Å². The zero-order valence-corrected chi connectivity index (χ0v) is 26.5. The second-order valence-corrected chi connectivity index (χ2v) is 11.4. The molecule has 8 nitrogen and oxygen atoms in total. The van der Waals surface area contributed by atoms with Crippen LogP contribution in [0.2, 0.25) is 0 Å². The average Bonchev–Trinajstić information content (AvgIpc) is 3.16. The molecule has 246 valence electrons. The molecule has 7 aromatic rings. The van der Waals surface area contributed by atoms with Crippen molar-refractivity contribution >= 4 is 22.1 Å². The van der Waals surface area contributed by atoms with Crippen LogP contribution in [0.15, 0.2) is 97.1 Å². The van der Waals surface area contributed by atoms with Crippen LogP contribution >= 0.6 is 0 Å². The molecule has 52 heavy (non-hydrogen) atoms. The fraction of sp³-hybridized carbons (Fsp3) is 0.0500. The van der Waals surface area contributed by atoms with E-state index >= 15 is 0 Å². The van der Waals surface area contributed by atoms with Gasteiger partial charge in [-0.25, -0.2) is 50.6 Å². The fourth-order valence-corrected chi connectivity index (χ4v) is 5.92. The summed E-state index contributed by atoms with van der Waals surface area (Å²) in [5.41, 5.74) is 1.93. The van der Waals surface area contributed by atoms with Gasteiger partial charge >= 0.3 is 12.1 Å². The highest BCUT2D eigenvalue weighted by Gasteiger charge is 2.35. The summed E-state index contributed by atoms with van der Waals surface area (Å²) in [6.07, 6.45) is 0. The number of fused-ring (bicyclic) bond motifs is 2. The molecule has 2 aromatic heterocycles. The molecular weight excluding hydrogens is 668 g/mol. The third-order valence-corrected chi connectivity index (χ3v) is 8.33. The Morgan fingerprint density at radius 2 is 0.635 bits per heavy atom. The van der Waals surface area contributed by atoms with Gasteiger partial charge in [-0.3, -0.25) is 9.69 Å². The summed E-state index contributed by atoms with van der Waals surface area (Å²) in [5, 5.41) is 20.6. The van der Waals surface area contributed by atoms with Crippen LogP contribution in [0.3, 0.4) is 0 Å². The number of hydrogen-bond donors (Lipinski definition) is 0. The SMILES string of the molecule is [C-]#[N+]C(C#N)c1c2nc(-c3ccc(F)cc3)c(-c3ccc(F)cc3)nc2c(C(C#N)[N+]#[C-])c2nc(-c3ccc(F)cc3)c(-c3ccc(F)cc3)nc12. The smallest absolute Gasteiger partial charge is 0.292 e. The maximum absolute atomic E-state index is 14.1. The molecule has 0 saturated carbocycles. The van der Waals surface area contributed by atoms with Crippen molar-refractivity contribution in [1.29, 1.82) is 10.5 Å². The number of benzene rings is 5. The Morgan fingerprint density at radius 1 is 0.423 bits per heavy atom. The number of hydrogen-bond acceptors (Lipinski definition) is 6. The normalized spacial score (nSPS) is 12.0. The van der Waals surface area contributed by atoms with Gasteiger partial charge < -0.3 is 0 Å². The summed E-state index contributed by atoms with van der Waals surface area (Å²) < 4.78 is 56.4. The summed E-state index contributed by atoms with van der Waals surface area (Å²) >= 11 is 0. The topological polar surface area (TPSA) is 108 Å². The van der Waals surface area contributed by atoms with Crippen LogP contribution in [0, 0.1) is 59.1 Å². The Morgan fingerprint density at radius 3 is 0.808 bits per heavy atom. The van der Waals surface area contributed by atoms with E-state index < -0.39 is 35.4 Å². The van der Waals surface area contributed by atoms with Crippen molar-refractivity contribution in [2.45, 2.75) is 12.1 Å². The lowest BCUT2D eigenvalue weighted by Crippen LogP contribution is -2.09. The lowest BCUT2D eigenvalue weighted by atomic mass is 9.93. The summed E-state index contributed by atoms with van der Waals surface area (Å²) in [4.78, 5) is 26.7. The second kappa shape index (κ2) is 13.4. The molecule has 0 N–H and O–H groups in total. The van der Waals surface area contributed by atoms with E-state index in [1.807, 2.05) is 12.1 Å². The molecule has 0 aliphatic rings. The van der Waals surface area contributed by atoms with Gasteiger partial charge in [-0.2, -0.15) is 10.5 Å². The molecule has 2 unspecified atom stereocenters. The van der Waals surface area contributed by atoms with Crippen molar-refractivity contribution in [2.24, 2.45) is 0 Å². The van der Waals surface area contributed by atoms with Gasteiger partial charge in [0, 0.05) is 22.3 Å². The van der Waals surface area contributed by atoms with Crippen LogP contribution in [0.4, 0.5) is 17.6 Å². The molecule has 0 radical (unpaired) electrons. The van der Waals surface area contributed by atoms with E-state index in [0.717, 1.165) is 0 Å². The van der Waals surface area contributed by atoms with Crippen LogP contribution in [-0.4, -0.2) is 19.9 Å². The van der Waals surface area contributed by atoms with Crippen LogP contribution < -0.4 is 0 Å². The van der Waals surface area contributed by atoms with Crippen LogP contribution in [0.1, 0.15) is 23.2 Å². The van der Waals surface area contributed by atoms with E-state index in [1.165, 1.54) is 97.1 Å². The summed E-state index contributed by atoms with van der Waals surface area (Å²) in [6.45, 7) is 16.0. The standard InChI is InChI=1S/C40H18F4N8/c1-47-29(19-45)31-37-39(51-35(23-7-15-27(43)16-8-23)33(49-37)21-3-11-25(41)12-4-21)32(30(20-46)48-2)40-38(31)50-34(22-5-13-26(42)14-6-22)36(52-40)24-9-17-28(44)18-10-24/h3-18,29-30H. The average molecular weight is 687 g/mol. The third kappa shape index (κ3) is 5.77. The van der Waals surface area contributed by atoms with Crippen LogP contribution in [0.25, 0.3) is 76.8 Å². The number of rotatable bonds is 6. The van der Waals surface area contributed by atoms with Crippen LogP contribution in [-0.2, 0) is 0 Å². The van der Waals surface area contributed by atoms with E-state index in [9.17, 15) is 28.1 Å². The Balaban J connectivity index is 1.73. The highest BCUT2D eigenvalue weighted by molar-refractivity contribution is 6.04. The molecule has 5 aromatic carbocycles. The first-order valence-electron chi connectivity index (χ1n) is 15.4. The number of nitrogens with zero attached hydrogens (tertiary/aromatic N) is 8. The van der Waals surface area contributed by atoms with E-state index in [0.29, 0.717) is 22.3 Å². The molecular formula is C40H18F4N8. The minimum absolute atomic E-state index is 0.0315. The Labute approximate surface area is 293 Å². The molecule has 0 aliphatic carbocycles. The van der Waals surface area contributed by atoms with E-state index in [4.69, 9.17) is 33.1 Å². The van der Waals surface area contributed by atoms with Gasteiger partial charge in [0.1, 0.15) is 56.5 Å². The molecule has 0 saturated heterocycles. The van der Waals surface area contributed by atoms with Crippen molar-refractivity contribution in [3.05, 3.63) is 154 Å². The zero-order valence-electron chi connectivity index (χ0n) is 26.5. The van der Waals surface area contributed by atoms with Crippen LogP contribution in [0.5, 0.6) is 0 Å². The quantitative estimate of drug-likeness (QED) is 0.0979. The molecule has 7 rings (SSSR count). The zero-order chi connectivity index (χ0) is 36.5. The van der Waals surface area contributed by atoms with E-state index in [1.54, 1.807) is 0 Å². The largest absolute Gasteiger partial charge is 0.336 e. The Hall–Kier alpha value is -7.54. The number of nitriles is 2. The van der Waals surface area contributed by atoms with Crippen molar-refractivity contribution in [1.82, 2.24) is 19.9 Å². The molecule has 0 aliphatic heterocycles. The molecule has 0 fully saturated rings. The maximum atomic E-state index is 14.1. The summed E-state index contributed by atoms with van der Waals surface area (Å²) in [5.74, 6) is -2.10. The first-order chi connectivity index (χ1) is 25.2. The Bertz CT molecular complexity index is 2330. The van der Waals surface area contributed by atoms with Crippen molar-refractivity contribution in [3.63, 3.8) is 0 Å². The van der Waals surface area contributed by atoms with Gasteiger partial charge in [0.05, 0.1) is 22.8 Å². The highest BCUT2D eigenvalue weighted by Crippen LogP contribution is 2.43. The third-order valence-electron chi connectivity index (χ3n) is 8.33. The van der Waals surface area contributed by atoms with Crippen molar-refractivity contribution in [3.8, 4) is 57.2 Å². The molecule has 2 heterocycles. The molecule has 2 atom stereocenters. The van der Waals surface area contributed by atoms with Gasteiger partial charge in [-0.15, -0.1) is 0 Å². The van der Waals surface area contributed by atoms with Gasteiger partial charge in [-0.05, 0) is 97.1 Å². The molecule has 12 heteroatoms. The number of aromatic nitrogens is 4. The van der Waals surface area contributed by atoms with E-state index in [2.05, 4.69) is 9.69 Å². The number of halogens is 4. The predicted molar refractivity (Wildman–Crippen MR) is 184 cm³/mol. The minimum Gasteiger partial charge on any atom is -0.292 e. The minimum atomic E-state index is -1.55. The highest BCUT2D eigenvalue weighted by atomic mass is 19.1. The summed E-state index contributed by atoms with van der Waals surface area (Å²) in [6, 6.07) is 22.1. The maximum Gasteiger partial charge on any atom is 0.336 e. The van der Waals surface area contributed by atoms with Gasteiger partial charge in [0.2, 0.25) is 0 Å². The second-order valence-electron chi connectivity index (χ2n) is 11.4. The van der Waals surface area contributed by atoms with Crippen molar-refractivity contribution in [2.75, 3.05) is 0 Å². The van der Waals surface area contributed by atoms with Crippen molar-refractivity contribution < 1.29 is 17.6 Å². The molecule has 0 spiro atoms. The first-order valence-corrected chi connectivity index (χ1v) is 15.4. The predicted octanol–water partition coefficient (Wildman–Crippen LogP) is 9.77. The molecule has 0 bridgehead atoms. The lowest BCUT2D eigenvalue weighted by Gasteiger charge is -2.18. The summed E-state index contributed by atoms with van der Waals surface area (Å²) in [7, 11) is 0. The Kier molecular flexibility index (Phi) is 8.50. The fourth-order valence-electron chi connectivity index (χ4n) is 5.92. The molecule has 0 amide bonds. The lowest BCUT2D eigenvalue weighted by molar-refractivity contribution is 0.627. The van der Waals surface area contributed by atoms with E-state index in [-0.39, 0.29) is 56.0 Å². The first kappa shape index (κ1) is 33.0. The van der Waals surface area contributed by atoms with Gasteiger partial charge in [0.25, 0.3) is 0 Å². The van der Waals surface area contributed by atoms with Gasteiger partial charge in [0.15, 0.2) is 12.1 Å². The monoisotopic (exact) mass is 686 g/mol.